The smallest absolute Gasteiger partial charge is 0.407 e. The van der Waals surface area contributed by atoms with Gasteiger partial charge in [-0.2, -0.15) is 0 Å². The number of methoxy groups -OCH3 is 1. The average Bonchev–Trinajstić information content (AvgIpc) is 3.09. The van der Waals surface area contributed by atoms with E-state index < -0.39 is 24.0 Å². The number of alkyl carbamates (subject to hydrolysis) is 1. The summed E-state index contributed by atoms with van der Waals surface area (Å²) in [7, 11) is 3.07. The molecule has 0 aliphatic heterocycles. The number of carbonyl (C=O) groups is 3. The van der Waals surface area contributed by atoms with Crippen LogP contribution in [0.4, 0.5) is 4.79 Å². The molecule has 0 spiro atoms. The summed E-state index contributed by atoms with van der Waals surface area (Å²) >= 11 is 0. The lowest BCUT2D eigenvalue weighted by Crippen LogP contribution is -2.55. The van der Waals surface area contributed by atoms with Gasteiger partial charge in [-0.1, -0.05) is 48.5 Å². The van der Waals surface area contributed by atoms with Crippen LogP contribution in [0.5, 0.6) is 0 Å². The van der Waals surface area contributed by atoms with Crippen molar-refractivity contribution < 1.29 is 29.0 Å². The highest BCUT2D eigenvalue weighted by Gasteiger charge is 2.40. The van der Waals surface area contributed by atoms with Crippen LogP contribution >= 0.6 is 0 Å². The largest absolute Gasteiger partial charge is 0.481 e. The van der Waals surface area contributed by atoms with E-state index in [9.17, 15) is 14.4 Å². The molecule has 174 valence electrons. The Morgan fingerprint density at radius 1 is 1.06 bits per heavy atom. The van der Waals surface area contributed by atoms with Gasteiger partial charge in [0.25, 0.3) is 0 Å². The Morgan fingerprint density at radius 3 is 2.18 bits per heavy atom. The summed E-state index contributed by atoms with van der Waals surface area (Å²) in [5.41, 5.74) is 4.48. The number of fused-ring (bicyclic) bond motifs is 3. The number of rotatable bonds is 8. The van der Waals surface area contributed by atoms with E-state index in [4.69, 9.17) is 14.6 Å². The van der Waals surface area contributed by atoms with Crippen molar-refractivity contribution >= 4 is 18.0 Å². The van der Waals surface area contributed by atoms with Crippen LogP contribution in [0.2, 0.25) is 0 Å². The van der Waals surface area contributed by atoms with Gasteiger partial charge >= 0.3 is 12.1 Å². The van der Waals surface area contributed by atoms with Gasteiger partial charge in [-0.15, -0.1) is 0 Å². The second-order valence-corrected chi connectivity index (χ2v) is 8.59. The molecule has 2 aliphatic rings. The number of hydrogen-bond acceptors (Lipinski definition) is 5. The Hall–Kier alpha value is -3.39. The number of nitrogens with one attached hydrogen (secondary N) is 1. The lowest BCUT2D eigenvalue weighted by atomic mass is 9.79. The van der Waals surface area contributed by atoms with Gasteiger partial charge in [0.15, 0.2) is 0 Å². The van der Waals surface area contributed by atoms with Crippen molar-refractivity contribution in [3.63, 3.8) is 0 Å². The molecule has 0 radical (unpaired) electrons. The molecule has 33 heavy (non-hydrogen) atoms. The number of carboxylic acid groups (broad SMARTS) is 1. The average molecular weight is 453 g/mol. The number of carbonyl (C=O) groups excluding carboxylic acids is 2. The fourth-order valence-corrected chi connectivity index (χ4v) is 4.66. The van der Waals surface area contributed by atoms with E-state index in [1.807, 2.05) is 36.4 Å². The van der Waals surface area contributed by atoms with Crippen molar-refractivity contribution in [1.82, 2.24) is 10.2 Å². The molecule has 1 saturated carbocycles. The standard InChI is InChI=1S/C25H28N2O6/c1-27(16-11-15(12-16)24(29)30)23(28)22(14-32-2)26-25(31)33-13-21-19-9-5-3-7-17(19)18-8-4-6-10-20(18)21/h3-10,15-16,21-22H,11-14H2,1-2H3,(H,26,31)(H,29,30)/t15?,16?,22-/m0/s1. The van der Waals surface area contributed by atoms with Gasteiger partial charge in [0, 0.05) is 26.1 Å². The number of carboxylic acids is 1. The monoisotopic (exact) mass is 452 g/mol. The van der Waals surface area contributed by atoms with Gasteiger partial charge in [0.05, 0.1) is 12.5 Å². The quantitative estimate of drug-likeness (QED) is 0.638. The number of hydrogen-bond donors (Lipinski definition) is 2. The molecule has 0 aromatic heterocycles. The normalized spacial score (nSPS) is 19.6. The molecular formula is C25H28N2O6. The Kier molecular flexibility index (Phi) is 6.65. The lowest BCUT2D eigenvalue weighted by molar-refractivity contribution is -0.150. The number of ether oxygens (including phenoxy) is 2. The number of likely N-dealkylation sites (N-methyl/N-ethyl adjacent to an activating group) is 1. The molecule has 2 amide bonds. The third kappa shape index (κ3) is 4.57. The number of nitrogens with zero attached hydrogens (tertiary/aromatic N) is 1. The molecule has 2 aromatic carbocycles. The minimum absolute atomic E-state index is 0.0115. The topological polar surface area (TPSA) is 105 Å². The van der Waals surface area contributed by atoms with Crippen molar-refractivity contribution in [2.24, 2.45) is 5.92 Å². The highest BCUT2D eigenvalue weighted by Crippen LogP contribution is 2.44. The van der Waals surface area contributed by atoms with Crippen LogP contribution in [0, 0.1) is 5.92 Å². The van der Waals surface area contributed by atoms with Crippen LogP contribution in [-0.4, -0.2) is 67.4 Å². The Labute approximate surface area is 192 Å². The minimum atomic E-state index is -0.917. The number of benzene rings is 2. The zero-order chi connectivity index (χ0) is 23.5. The number of amides is 2. The molecule has 1 fully saturated rings. The summed E-state index contributed by atoms with van der Waals surface area (Å²) in [4.78, 5) is 38.0. The molecule has 2 N–H and O–H groups in total. The van der Waals surface area contributed by atoms with Crippen LogP contribution in [0.1, 0.15) is 29.9 Å². The van der Waals surface area contributed by atoms with Crippen LogP contribution in [0.25, 0.3) is 11.1 Å². The molecule has 0 unspecified atom stereocenters. The zero-order valence-electron chi connectivity index (χ0n) is 18.7. The van der Waals surface area contributed by atoms with Gasteiger partial charge in [-0.25, -0.2) is 4.79 Å². The van der Waals surface area contributed by atoms with E-state index in [2.05, 4.69) is 17.4 Å². The highest BCUT2D eigenvalue weighted by atomic mass is 16.5. The second-order valence-electron chi connectivity index (χ2n) is 8.59. The first-order valence-electron chi connectivity index (χ1n) is 11.0. The molecule has 8 heteroatoms. The maximum Gasteiger partial charge on any atom is 0.407 e. The Bertz CT molecular complexity index is 1000. The fourth-order valence-electron chi connectivity index (χ4n) is 4.66. The van der Waals surface area contributed by atoms with E-state index in [1.54, 1.807) is 7.05 Å². The van der Waals surface area contributed by atoms with Gasteiger partial charge in [-0.05, 0) is 35.1 Å². The summed E-state index contributed by atoms with van der Waals surface area (Å²) in [6.07, 6.45) is 0.113. The Balaban J connectivity index is 1.37. The Morgan fingerprint density at radius 2 is 1.64 bits per heavy atom. The minimum Gasteiger partial charge on any atom is -0.481 e. The van der Waals surface area contributed by atoms with Crippen molar-refractivity contribution in [3.8, 4) is 11.1 Å². The zero-order valence-corrected chi connectivity index (χ0v) is 18.7. The predicted molar refractivity (Wildman–Crippen MR) is 121 cm³/mol. The molecule has 0 heterocycles. The first-order valence-corrected chi connectivity index (χ1v) is 11.0. The first kappa shape index (κ1) is 22.8. The first-order chi connectivity index (χ1) is 15.9. The molecule has 2 aliphatic carbocycles. The van der Waals surface area contributed by atoms with E-state index in [1.165, 1.54) is 12.0 Å². The molecule has 2 aromatic rings. The van der Waals surface area contributed by atoms with E-state index in [0.29, 0.717) is 12.8 Å². The third-order valence-electron chi connectivity index (χ3n) is 6.62. The molecule has 8 nitrogen and oxygen atoms in total. The molecular weight excluding hydrogens is 424 g/mol. The fraction of sp³-hybridized carbons (Fsp3) is 0.400. The summed E-state index contributed by atoms with van der Waals surface area (Å²) in [6.45, 7) is 0.134. The van der Waals surface area contributed by atoms with Crippen molar-refractivity contribution in [2.75, 3.05) is 27.4 Å². The second kappa shape index (κ2) is 9.62. The summed E-state index contributed by atoms with van der Waals surface area (Å²) in [5, 5.41) is 11.7. The van der Waals surface area contributed by atoms with Crippen molar-refractivity contribution in [3.05, 3.63) is 59.7 Å². The van der Waals surface area contributed by atoms with Crippen molar-refractivity contribution in [1.29, 1.82) is 0 Å². The summed E-state index contributed by atoms with van der Waals surface area (Å²) in [6, 6.07) is 15.0. The molecule has 0 bridgehead atoms. The van der Waals surface area contributed by atoms with Crippen molar-refractivity contribution in [2.45, 2.75) is 30.8 Å². The van der Waals surface area contributed by atoms with Crippen LogP contribution < -0.4 is 5.32 Å². The SMILES string of the molecule is COC[C@H](NC(=O)OCC1c2ccccc2-c2ccccc21)C(=O)N(C)C1CC(C(=O)O)C1. The molecule has 4 rings (SSSR count). The lowest BCUT2D eigenvalue weighted by Gasteiger charge is -2.40. The van der Waals surface area contributed by atoms with Crippen LogP contribution in [-0.2, 0) is 19.1 Å². The van der Waals surface area contributed by atoms with Gasteiger partial charge < -0.3 is 24.8 Å². The van der Waals surface area contributed by atoms with E-state index in [-0.39, 0.29) is 31.1 Å². The third-order valence-corrected chi connectivity index (χ3v) is 6.62. The predicted octanol–water partition coefficient (Wildman–Crippen LogP) is 2.86. The molecule has 0 saturated heterocycles. The van der Waals surface area contributed by atoms with Gasteiger partial charge in [-0.3, -0.25) is 9.59 Å². The van der Waals surface area contributed by atoms with Crippen LogP contribution in [0.15, 0.2) is 48.5 Å². The highest BCUT2D eigenvalue weighted by molar-refractivity contribution is 5.86. The summed E-state index contributed by atoms with van der Waals surface area (Å²) < 4.78 is 10.7. The van der Waals surface area contributed by atoms with Gasteiger partial charge in [0.1, 0.15) is 12.6 Å². The van der Waals surface area contributed by atoms with Gasteiger partial charge in [0.2, 0.25) is 5.91 Å². The van der Waals surface area contributed by atoms with E-state index >= 15 is 0 Å². The number of aliphatic carboxylic acids is 1. The maximum atomic E-state index is 12.9. The summed E-state index contributed by atoms with van der Waals surface area (Å²) in [5.74, 6) is -1.69. The van der Waals surface area contributed by atoms with Crippen LogP contribution in [0.3, 0.4) is 0 Å². The maximum absolute atomic E-state index is 12.9. The van der Waals surface area contributed by atoms with E-state index in [0.717, 1.165) is 22.3 Å². The molecule has 1 atom stereocenters.